The van der Waals surface area contributed by atoms with Crippen LogP contribution in [0.15, 0.2) is 24.3 Å². The summed E-state index contributed by atoms with van der Waals surface area (Å²) in [6, 6.07) is 9.45. The molecule has 2 nitrogen and oxygen atoms in total. The molecule has 1 atom stereocenters. The first kappa shape index (κ1) is 16.5. The highest BCUT2D eigenvalue weighted by atomic mass is 16.5. The molecule has 1 aromatic rings. The third-order valence-electron chi connectivity index (χ3n) is 4.92. The molecular weight excluding hydrogens is 258 g/mol. The fourth-order valence-corrected chi connectivity index (χ4v) is 3.55. The third-order valence-corrected chi connectivity index (χ3v) is 4.92. The van der Waals surface area contributed by atoms with Crippen LogP contribution in [0.5, 0.6) is 0 Å². The lowest BCUT2D eigenvalue weighted by Gasteiger charge is -2.37. The number of hydrogen-bond acceptors (Lipinski definition) is 2. The summed E-state index contributed by atoms with van der Waals surface area (Å²) in [5.41, 5.74) is 2.76. The van der Waals surface area contributed by atoms with Crippen molar-refractivity contribution in [2.45, 2.75) is 70.4 Å². The second-order valence-corrected chi connectivity index (χ2v) is 6.68. The largest absolute Gasteiger partial charge is 0.376 e. The van der Waals surface area contributed by atoms with Crippen LogP contribution in [0.4, 0.5) is 0 Å². The van der Waals surface area contributed by atoms with E-state index < -0.39 is 0 Å². The molecule has 1 aliphatic carbocycles. The van der Waals surface area contributed by atoms with Gasteiger partial charge >= 0.3 is 0 Å². The lowest BCUT2D eigenvalue weighted by atomic mass is 9.85. The minimum atomic E-state index is -0.0193. The Labute approximate surface area is 130 Å². The molecule has 0 saturated heterocycles. The van der Waals surface area contributed by atoms with Crippen molar-refractivity contribution >= 4 is 0 Å². The van der Waals surface area contributed by atoms with Gasteiger partial charge in [0.15, 0.2) is 0 Å². The monoisotopic (exact) mass is 289 g/mol. The van der Waals surface area contributed by atoms with Gasteiger partial charge in [0.1, 0.15) is 0 Å². The average Bonchev–Trinajstić information content (AvgIpc) is 2.98. The van der Waals surface area contributed by atoms with Crippen LogP contribution in [0.3, 0.4) is 0 Å². The van der Waals surface area contributed by atoms with Gasteiger partial charge in [-0.3, -0.25) is 0 Å². The SMILES string of the molecule is CCCNC(c1ccc(C(C)C)cc1)C1(OC)CCCC1. The molecule has 1 aromatic carbocycles. The van der Waals surface area contributed by atoms with Crippen molar-refractivity contribution in [3.63, 3.8) is 0 Å². The third kappa shape index (κ3) is 3.67. The Morgan fingerprint density at radius 3 is 2.14 bits per heavy atom. The predicted molar refractivity (Wildman–Crippen MR) is 89.8 cm³/mol. The minimum Gasteiger partial charge on any atom is -0.376 e. The van der Waals surface area contributed by atoms with Gasteiger partial charge in [-0.05, 0) is 42.9 Å². The van der Waals surface area contributed by atoms with Crippen molar-refractivity contribution < 1.29 is 4.74 Å². The van der Waals surface area contributed by atoms with Crippen LogP contribution in [0.2, 0.25) is 0 Å². The smallest absolute Gasteiger partial charge is 0.0872 e. The quantitative estimate of drug-likeness (QED) is 0.777. The molecule has 0 aromatic heterocycles. The topological polar surface area (TPSA) is 21.3 Å². The Morgan fingerprint density at radius 2 is 1.67 bits per heavy atom. The van der Waals surface area contributed by atoms with Crippen LogP contribution in [-0.4, -0.2) is 19.3 Å². The second kappa shape index (κ2) is 7.42. The van der Waals surface area contributed by atoms with Crippen molar-refractivity contribution in [3.8, 4) is 0 Å². The van der Waals surface area contributed by atoms with Crippen molar-refractivity contribution in [3.05, 3.63) is 35.4 Å². The number of hydrogen-bond donors (Lipinski definition) is 1. The first-order valence-electron chi connectivity index (χ1n) is 8.51. The Hall–Kier alpha value is -0.860. The van der Waals surface area contributed by atoms with Gasteiger partial charge in [0.2, 0.25) is 0 Å². The highest BCUT2D eigenvalue weighted by Crippen LogP contribution is 2.42. The Kier molecular flexibility index (Phi) is 5.83. The molecule has 0 amide bonds. The molecule has 118 valence electrons. The van der Waals surface area contributed by atoms with Crippen LogP contribution in [0, 0.1) is 0 Å². The molecule has 0 spiro atoms. The standard InChI is InChI=1S/C19H31NO/c1-5-14-20-18(19(21-4)12-6-7-13-19)17-10-8-16(9-11-17)15(2)3/h8-11,15,18,20H,5-7,12-14H2,1-4H3. The van der Waals surface area contributed by atoms with E-state index in [9.17, 15) is 0 Å². The van der Waals surface area contributed by atoms with E-state index in [1.54, 1.807) is 0 Å². The molecule has 2 heteroatoms. The van der Waals surface area contributed by atoms with Gasteiger partial charge in [0, 0.05) is 7.11 Å². The fraction of sp³-hybridized carbons (Fsp3) is 0.684. The van der Waals surface area contributed by atoms with Gasteiger partial charge in [0.05, 0.1) is 11.6 Å². The van der Waals surface area contributed by atoms with Crippen LogP contribution in [0.25, 0.3) is 0 Å². The molecule has 0 heterocycles. The van der Waals surface area contributed by atoms with Gasteiger partial charge in [0.25, 0.3) is 0 Å². The van der Waals surface area contributed by atoms with Crippen LogP contribution in [0.1, 0.15) is 76.0 Å². The van der Waals surface area contributed by atoms with E-state index in [1.165, 1.54) is 24.0 Å². The van der Waals surface area contributed by atoms with E-state index in [-0.39, 0.29) is 5.60 Å². The highest BCUT2D eigenvalue weighted by molar-refractivity contribution is 5.29. The van der Waals surface area contributed by atoms with E-state index in [2.05, 4.69) is 50.4 Å². The lowest BCUT2D eigenvalue weighted by molar-refractivity contribution is -0.0367. The molecule has 2 rings (SSSR count). The maximum absolute atomic E-state index is 6.03. The second-order valence-electron chi connectivity index (χ2n) is 6.68. The van der Waals surface area contributed by atoms with E-state index in [0.717, 1.165) is 25.8 Å². The van der Waals surface area contributed by atoms with Gasteiger partial charge in [-0.2, -0.15) is 0 Å². The van der Waals surface area contributed by atoms with Crippen molar-refractivity contribution in [2.75, 3.05) is 13.7 Å². The predicted octanol–water partition coefficient (Wildman–Crippen LogP) is 4.81. The Morgan fingerprint density at radius 1 is 1.10 bits per heavy atom. The molecular formula is C19H31NO. The molecule has 1 unspecified atom stereocenters. The molecule has 0 radical (unpaired) electrons. The zero-order chi connectivity index (χ0) is 15.3. The van der Waals surface area contributed by atoms with Crippen molar-refractivity contribution in [1.29, 1.82) is 0 Å². The number of ether oxygens (including phenoxy) is 1. The maximum Gasteiger partial charge on any atom is 0.0872 e. The van der Waals surface area contributed by atoms with Gasteiger partial charge < -0.3 is 10.1 Å². The number of rotatable bonds is 7. The maximum atomic E-state index is 6.03. The summed E-state index contributed by atoms with van der Waals surface area (Å²) in [5.74, 6) is 0.587. The van der Waals surface area contributed by atoms with Crippen LogP contribution in [-0.2, 0) is 4.74 Å². The summed E-state index contributed by atoms with van der Waals surface area (Å²) in [5, 5.41) is 3.74. The molecule has 21 heavy (non-hydrogen) atoms. The zero-order valence-electron chi connectivity index (χ0n) is 14.1. The lowest BCUT2D eigenvalue weighted by Crippen LogP contribution is -2.43. The Bertz CT molecular complexity index is 418. The number of benzene rings is 1. The van der Waals surface area contributed by atoms with Gasteiger partial charge in [-0.15, -0.1) is 0 Å². The summed E-state index contributed by atoms with van der Waals surface area (Å²) >= 11 is 0. The van der Waals surface area contributed by atoms with Crippen molar-refractivity contribution in [2.24, 2.45) is 0 Å². The summed E-state index contributed by atoms with van der Waals surface area (Å²) in [4.78, 5) is 0. The summed E-state index contributed by atoms with van der Waals surface area (Å²) in [7, 11) is 1.88. The normalized spacial score (nSPS) is 19.1. The highest BCUT2D eigenvalue weighted by Gasteiger charge is 2.42. The first-order chi connectivity index (χ1) is 10.1. The summed E-state index contributed by atoms with van der Waals surface area (Å²) < 4.78 is 6.03. The van der Waals surface area contributed by atoms with E-state index >= 15 is 0 Å². The Balaban J connectivity index is 2.26. The molecule has 1 aliphatic rings. The molecule has 1 fully saturated rings. The molecule has 1 saturated carbocycles. The van der Waals surface area contributed by atoms with E-state index in [4.69, 9.17) is 4.74 Å². The molecule has 0 bridgehead atoms. The van der Waals surface area contributed by atoms with Gasteiger partial charge in [-0.1, -0.05) is 57.9 Å². The van der Waals surface area contributed by atoms with E-state index in [1.807, 2.05) is 7.11 Å². The first-order valence-corrected chi connectivity index (χ1v) is 8.51. The zero-order valence-corrected chi connectivity index (χ0v) is 14.1. The molecule has 0 aliphatic heterocycles. The van der Waals surface area contributed by atoms with Crippen LogP contribution < -0.4 is 5.32 Å². The summed E-state index contributed by atoms with van der Waals surface area (Å²) in [6.45, 7) is 7.76. The molecule has 1 N–H and O–H groups in total. The average molecular weight is 289 g/mol. The number of methoxy groups -OCH3 is 1. The van der Waals surface area contributed by atoms with Gasteiger partial charge in [-0.25, -0.2) is 0 Å². The minimum absolute atomic E-state index is 0.0193. The number of nitrogens with one attached hydrogen (secondary N) is 1. The van der Waals surface area contributed by atoms with Crippen LogP contribution >= 0.6 is 0 Å². The fourth-order valence-electron chi connectivity index (χ4n) is 3.55. The van der Waals surface area contributed by atoms with Crippen molar-refractivity contribution in [1.82, 2.24) is 5.32 Å². The summed E-state index contributed by atoms with van der Waals surface area (Å²) in [6.07, 6.45) is 6.04. The van der Waals surface area contributed by atoms with E-state index in [0.29, 0.717) is 12.0 Å².